The summed E-state index contributed by atoms with van der Waals surface area (Å²) in [5.74, 6) is -1.52. The second-order valence-corrected chi connectivity index (χ2v) is 9.00. The van der Waals surface area contributed by atoms with Crippen LogP contribution >= 0.6 is 23.2 Å². The molecule has 3 rings (SSSR count). The van der Waals surface area contributed by atoms with E-state index in [9.17, 15) is 14.0 Å². The molecule has 1 unspecified atom stereocenters. The molecule has 0 radical (unpaired) electrons. The maximum Gasteiger partial charge on any atom is 0.270 e. The van der Waals surface area contributed by atoms with Crippen LogP contribution in [-0.2, 0) is 11.3 Å². The number of carbonyl (C=O) groups excluding carboxylic acids is 2. The van der Waals surface area contributed by atoms with Crippen molar-refractivity contribution in [3.8, 4) is 11.1 Å². The van der Waals surface area contributed by atoms with Crippen LogP contribution in [0.5, 0.6) is 0 Å². The van der Waals surface area contributed by atoms with Crippen LogP contribution in [0.4, 0.5) is 10.2 Å². The highest BCUT2D eigenvalue weighted by Gasteiger charge is 2.24. The highest BCUT2D eigenvalue weighted by atomic mass is 35.5. The van der Waals surface area contributed by atoms with E-state index in [1.807, 2.05) is 6.92 Å². The Balaban J connectivity index is 1.76. The van der Waals surface area contributed by atoms with E-state index in [-0.39, 0.29) is 17.8 Å². The molecule has 0 aliphatic rings. The largest absolute Gasteiger partial charge is 0.339 e. The van der Waals surface area contributed by atoms with Crippen molar-refractivity contribution in [3.63, 3.8) is 0 Å². The van der Waals surface area contributed by atoms with Gasteiger partial charge in [-0.1, -0.05) is 0 Å². The van der Waals surface area contributed by atoms with Crippen molar-refractivity contribution in [2.24, 2.45) is 0 Å². The Morgan fingerprint density at radius 3 is 2.65 bits per heavy atom. The number of hydrogen-bond acceptors (Lipinski definition) is 5. The summed E-state index contributed by atoms with van der Waals surface area (Å²) in [6.45, 7) is 5.90. The highest BCUT2D eigenvalue weighted by Crippen LogP contribution is 2.28. The maximum atomic E-state index is 14.9. The summed E-state index contributed by atoms with van der Waals surface area (Å²) in [4.78, 5) is 29.3. The Hall–Kier alpha value is -2.98. The number of carbonyl (C=O) groups is 2. The Morgan fingerprint density at radius 1 is 1.26 bits per heavy atom. The molecule has 0 saturated heterocycles. The van der Waals surface area contributed by atoms with Gasteiger partial charge in [-0.05, 0) is 46.1 Å². The highest BCUT2D eigenvalue weighted by molar-refractivity contribution is 6.44. The third-order valence-corrected chi connectivity index (χ3v) is 5.72. The molecule has 0 saturated carbocycles. The number of rotatable bonds is 10. The standard InChI is InChI=1S/C22H26Cl2FN7O2/c1-4-32-17(8-9-27-32)22(34)28-16(6-5-7-18(23)24)21(33)29-19-10-15(25)14(11-26-19)20-12(2)30-31-13(20)3/h8-11,16,18H,4-7H2,1-3H3,(H,28,34)(H,30,31)(H,26,29,33). The molecule has 0 aliphatic heterocycles. The minimum Gasteiger partial charge on any atom is -0.339 e. The maximum absolute atomic E-state index is 14.9. The lowest BCUT2D eigenvalue weighted by atomic mass is 10.1. The topological polar surface area (TPSA) is 118 Å². The normalized spacial score (nSPS) is 12.1. The van der Waals surface area contributed by atoms with Crippen molar-refractivity contribution in [2.75, 3.05) is 5.32 Å². The predicted octanol–water partition coefficient (Wildman–Crippen LogP) is 4.16. The van der Waals surface area contributed by atoms with Gasteiger partial charge in [-0.25, -0.2) is 9.37 Å². The minimum atomic E-state index is -0.914. The lowest BCUT2D eigenvalue weighted by Gasteiger charge is -2.19. The zero-order valence-corrected chi connectivity index (χ0v) is 20.5. The van der Waals surface area contributed by atoms with Gasteiger partial charge in [0.1, 0.15) is 28.2 Å². The first-order valence-corrected chi connectivity index (χ1v) is 11.7. The Kier molecular flexibility index (Phi) is 8.62. The van der Waals surface area contributed by atoms with Crippen molar-refractivity contribution >= 4 is 40.8 Å². The van der Waals surface area contributed by atoms with E-state index in [0.717, 1.165) is 6.07 Å². The lowest BCUT2D eigenvalue weighted by Crippen LogP contribution is -2.44. The third-order valence-electron chi connectivity index (χ3n) is 5.29. The Labute approximate surface area is 206 Å². The second-order valence-electron chi connectivity index (χ2n) is 7.73. The first-order valence-electron chi connectivity index (χ1n) is 10.8. The summed E-state index contributed by atoms with van der Waals surface area (Å²) >= 11 is 11.6. The molecule has 0 fully saturated rings. The molecule has 0 aromatic carbocycles. The Bertz CT molecular complexity index is 1140. The zero-order chi connectivity index (χ0) is 24.8. The molecular weight excluding hydrogens is 484 g/mol. The molecule has 1 atom stereocenters. The predicted molar refractivity (Wildman–Crippen MR) is 128 cm³/mol. The SMILES string of the molecule is CCn1nccc1C(=O)NC(CCCC(Cl)Cl)C(=O)Nc1cc(F)c(-c2c(C)n[nH]c2C)cn1. The van der Waals surface area contributed by atoms with E-state index in [0.29, 0.717) is 42.0 Å². The number of aromatic nitrogens is 5. The van der Waals surface area contributed by atoms with Crippen LogP contribution in [0, 0.1) is 19.7 Å². The third kappa shape index (κ3) is 6.12. The van der Waals surface area contributed by atoms with E-state index in [1.165, 1.54) is 17.1 Å². The van der Waals surface area contributed by atoms with Crippen LogP contribution in [-0.4, -0.2) is 47.7 Å². The number of amides is 2. The molecule has 34 heavy (non-hydrogen) atoms. The van der Waals surface area contributed by atoms with Gasteiger partial charge in [0, 0.05) is 41.8 Å². The van der Waals surface area contributed by atoms with Crippen LogP contribution in [0.1, 0.15) is 48.1 Å². The fourth-order valence-electron chi connectivity index (χ4n) is 3.60. The average molecular weight is 510 g/mol. The molecule has 3 aromatic rings. The fourth-order valence-corrected chi connectivity index (χ4v) is 3.91. The lowest BCUT2D eigenvalue weighted by molar-refractivity contribution is -0.118. The summed E-state index contributed by atoms with van der Waals surface area (Å²) in [7, 11) is 0. The molecule has 12 heteroatoms. The van der Waals surface area contributed by atoms with Crippen molar-refractivity contribution in [1.82, 2.24) is 30.3 Å². The zero-order valence-electron chi connectivity index (χ0n) is 19.0. The number of pyridine rings is 1. The quantitative estimate of drug-likeness (QED) is 0.354. The number of halogens is 3. The second kappa shape index (κ2) is 11.4. The monoisotopic (exact) mass is 509 g/mol. The molecule has 2 amide bonds. The number of hydrogen-bond donors (Lipinski definition) is 3. The summed E-state index contributed by atoms with van der Waals surface area (Å²) in [6, 6.07) is 1.79. The summed E-state index contributed by atoms with van der Waals surface area (Å²) in [6.07, 6.45) is 4.07. The van der Waals surface area contributed by atoms with Gasteiger partial charge in [-0.3, -0.25) is 19.4 Å². The number of nitrogens with zero attached hydrogens (tertiary/aromatic N) is 4. The molecular formula is C22H26Cl2FN7O2. The van der Waals surface area contributed by atoms with E-state index in [4.69, 9.17) is 23.2 Å². The number of H-pyrrole nitrogens is 1. The minimum absolute atomic E-state index is 0.0236. The van der Waals surface area contributed by atoms with Gasteiger partial charge in [-0.2, -0.15) is 10.2 Å². The Morgan fingerprint density at radius 2 is 2.03 bits per heavy atom. The number of anilines is 1. The number of aromatic amines is 1. The summed E-state index contributed by atoms with van der Waals surface area (Å²) in [5, 5.41) is 16.3. The number of aryl methyl sites for hydroxylation is 3. The van der Waals surface area contributed by atoms with Crippen molar-refractivity contribution < 1.29 is 14.0 Å². The molecule has 3 heterocycles. The van der Waals surface area contributed by atoms with Crippen LogP contribution < -0.4 is 10.6 Å². The van der Waals surface area contributed by atoms with Gasteiger partial charge >= 0.3 is 0 Å². The molecule has 0 bridgehead atoms. The van der Waals surface area contributed by atoms with Crippen molar-refractivity contribution in [1.29, 1.82) is 0 Å². The van der Waals surface area contributed by atoms with Gasteiger partial charge in [-0.15, -0.1) is 23.2 Å². The first-order chi connectivity index (χ1) is 16.2. The van der Waals surface area contributed by atoms with Gasteiger partial charge < -0.3 is 10.6 Å². The van der Waals surface area contributed by atoms with Crippen LogP contribution in [0.2, 0.25) is 0 Å². The van der Waals surface area contributed by atoms with Gasteiger partial charge in [0.05, 0.1) is 5.69 Å². The summed E-state index contributed by atoms with van der Waals surface area (Å²) < 4.78 is 16.4. The van der Waals surface area contributed by atoms with Crippen molar-refractivity contribution in [2.45, 2.75) is 57.5 Å². The van der Waals surface area contributed by atoms with Crippen LogP contribution in [0.15, 0.2) is 24.5 Å². The first kappa shape index (κ1) is 25.6. The fraction of sp³-hybridized carbons (Fsp3) is 0.409. The summed E-state index contributed by atoms with van der Waals surface area (Å²) in [5.41, 5.74) is 2.57. The average Bonchev–Trinajstić information content (AvgIpc) is 3.39. The van der Waals surface area contributed by atoms with Gasteiger partial charge in [0.25, 0.3) is 5.91 Å². The molecule has 0 aliphatic carbocycles. The van der Waals surface area contributed by atoms with Gasteiger partial charge in [0.15, 0.2) is 0 Å². The van der Waals surface area contributed by atoms with E-state index in [2.05, 4.69) is 30.9 Å². The molecule has 0 spiro atoms. The number of alkyl halides is 2. The van der Waals surface area contributed by atoms with Crippen LogP contribution in [0.3, 0.4) is 0 Å². The number of nitrogens with one attached hydrogen (secondary N) is 3. The molecule has 3 aromatic heterocycles. The molecule has 9 nitrogen and oxygen atoms in total. The van der Waals surface area contributed by atoms with E-state index >= 15 is 0 Å². The molecule has 3 N–H and O–H groups in total. The van der Waals surface area contributed by atoms with Crippen molar-refractivity contribution in [3.05, 3.63) is 47.4 Å². The van der Waals surface area contributed by atoms with Crippen LogP contribution in [0.25, 0.3) is 11.1 Å². The smallest absolute Gasteiger partial charge is 0.270 e. The van der Waals surface area contributed by atoms with E-state index < -0.39 is 28.5 Å². The van der Waals surface area contributed by atoms with Gasteiger partial charge in [0.2, 0.25) is 5.91 Å². The molecule has 182 valence electrons. The van der Waals surface area contributed by atoms with E-state index in [1.54, 1.807) is 19.9 Å².